The molecule has 4 nitrogen and oxygen atoms in total. The summed E-state index contributed by atoms with van der Waals surface area (Å²) in [5.41, 5.74) is 10.2. The van der Waals surface area contributed by atoms with Gasteiger partial charge in [0.05, 0.1) is 11.3 Å². The minimum Gasteiger partial charge on any atom is -0.326 e. The number of hydrogen-bond donors (Lipinski definition) is 3. The normalized spacial score (nSPS) is 10.7. The largest absolute Gasteiger partial charge is 0.326 e. The number of nitrogens with two attached hydrogens (primary N) is 1. The smallest absolute Gasteiger partial charge is 0.269 e. The van der Waals surface area contributed by atoms with Gasteiger partial charge < -0.3 is 5.73 Å². The summed E-state index contributed by atoms with van der Waals surface area (Å²) in [5.74, 6) is 0. The Bertz CT molecular complexity index is 566. The molecule has 0 aliphatic heterocycles. The minimum atomic E-state index is -0.141. The van der Waals surface area contributed by atoms with Crippen LogP contribution < -0.4 is 11.3 Å². The third-order valence-corrected chi connectivity index (χ3v) is 2.73. The maximum Gasteiger partial charge on any atom is 0.269 e. The van der Waals surface area contributed by atoms with E-state index in [0.29, 0.717) is 5.56 Å². The van der Waals surface area contributed by atoms with Crippen molar-refractivity contribution in [1.82, 2.24) is 10.2 Å². The van der Waals surface area contributed by atoms with Crippen molar-refractivity contribution in [2.75, 3.05) is 0 Å². The third kappa shape index (κ3) is 1.67. The van der Waals surface area contributed by atoms with Gasteiger partial charge in [0.1, 0.15) is 0 Å². The molecule has 4 heteroatoms. The molecule has 84 valence electrons. The topological polar surface area (TPSA) is 74.7 Å². The van der Waals surface area contributed by atoms with Gasteiger partial charge in [-0.2, -0.15) is 0 Å². The lowest BCUT2D eigenvalue weighted by Crippen LogP contribution is -2.10. The molecule has 1 aromatic carbocycles. The first kappa shape index (κ1) is 10.7. The van der Waals surface area contributed by atoms with Crippen molar-refractivity contribution in [3.05, 3.63) is 45.2 Å². The van der Waals surface area contributed by atoms with Gasteiger partial charge in [0.15, 0.2) is 0 Å². The van der Waals surface area contributed by atoms with E-state index in [-0.39, 0.29) is 12.1 Å². The van der Waals surface area contributed by atoms with Gasteiger partial charge in [-0.05, 0) is 19.4 Å². The maximum atomic E-state index is 11.5. The van der Waals surface area contributed by atoms with Crippen LogP contribution in [0.4, 0.5) is 0 Å². The van der Waals surface area contributed by atoms with E-state index < -0.39 is 0 Å². The molecule has 0 saturated carbocycles. The Morgan fingerprint density at radius 1 is 1.25 bits per heavy atom. The number of aromatic nitrogens is 2. The second-order valence-electron chi connectivity index (χ2n) is 3.96. The second kappa shape index (κ2) is 3.98. The number of benzene rings is 1. The van der Waals surface area contributed by atoms with Crippen LogP contribution in [0, 0.1) is 13.8 Å². The fourth-order valence-corrected chi connectivity index (χ4v) is 1.90. The zero-order chi connectivity index (χ0) is 11.7. The molecule has 0 aliphatic rings. The summed E-state index contributed by atoms with van der Waals surface area (Å²) < 4.78 is 0. The fraction of sp³-hybridized carbons (Fsp3) is 0.250. The number of nitrogens with one attached hydrogen (secondary N) is 2. The van der Waals surface area contributed by atoms with Crippen LogP contribution in [-0.4, -0.2) is 10.2 Å². The molecule has 16 heavy (non-hydrogen) atoms. The van der Waals surface area contributed by atoms with Gasteiger partial charge >= 0.3 is 0 Å². The van der Waals surface area contributed by atoms with Crippen molar-refractivity contribution < 1.29 is 0 Å². The zero-order valence-electron chi connectivity index (χ0n) is 9.42. The molecule has 1 aromatic heterocycles. The molecule has 0 spiro atoms. The highest BCUT2D eigenvalue weighted by atomic mass is 16.1. The second-order valence-corrected chi connectivity index (χ2v) is 3.96. The Kier molecular flexibility index (Phi) is 2.66. The summed E-state index contributed by atoms with van der Waals surface area (Å²) >= 11 is 0. The van der Waals surface area contributed by atoms with E-state index in [2.05, 4.69) is 16.3 Å². The van der Waals surface area contributed by atoms with Crippen molar-refractivity contribution in [3.63, 3.8) is 0 Å². The van der Waals surface area contributed by atoms with Crippen LogP contribution in [0.25, 0.3) is 11.3 Å². The van der Waals surface area contributed by atoms with Crippen molar-refractivity contribution in [3.8, 4) is 11.3 Å². The van der Waals surface area contributed by atoms with Crippen LogP contribution in [-0.2, 0) is 6.54 Å². The van der Waals surface area contributed by atoms with E-state index in [1.54, 1.807) is 0 Å². The van der Waals surface area contributed by atoms with Gasteiger partial charge in [-0.25, -0.2) is 0 Å². The summed E-state index contributed by atoms with van der Waals surface area (Å²) in [5, 5.41) is 5.45. The molecule has 0 radical (unpaired) electrons. The van der Waals surface area contributed by atoms with Crippen LogP contribution in [0.15, 0.2) is 23.0 Å². The average molecular weight is 217 g/mol. The number of aryl methyl sites for hydroxylation is 2. The van der Waals surface area contributed by atoms with Crippen LogP contribution >= 0.6 is 0 Å². The highest BCUT2D eigenvalue weighted by Gasteiger charge is 2.11. The van der Waals surface area contributed by atoms with Crippen molar-refractivity contribution in [2.45, 2.75) is 20.4 Å². The van der Waals surface area contributed by atoms with E-state index in [0.717, 1.165) is 16.8 Å². The molecule has 1 heterocycles. The summed E-state index contributed by atoms with van der Waals surface area (Å²) in [7, 11) is 0. The summed E-state index contributed by atoms with van der Waals surface area (Å²) in [4.78, 5) is 11.5. The SMILES string of the molecule is Cc1ccc(-c2[nH][nH]c(=O)c2CN)c(C)c1. The Labute approximate surface area is 93.5 Å². The highest BCUT2D eigenvalue weighted by Crippen LogP contribution is 2.23. The van der Waals surface area contributed by atoms with Crippen LogP contribution in [0.5, 0.6) is 0 Å². The molecule has 0 aliphatic carbocycles. The predicted molar refractivity (Wildman–Crippen MR) is 64.2 cm³/mol. The number of H-pyrrole nitrogens is 2. The first-order chi connectivity index (χ1) is 7.63. The molecule has 0 bridgehead atoms. The predicted octanol–water partition coefficient (Wildman–Crippen LogP) is 1.45. The van der Waals surface area contributed by atoms with Gasteiger partial charge in [0.25, 0.3) is 5.56 Å². The Balaban J connectivity index is 2.63. The molecule has 0 atom stereocenters. The fourth-order valence-electron chi connectivity index (χ4n) is 1.90. The quantitative estimate of drug-likeness (QED) is 0.712. The van der Waals surface area contributed by atoms with Gasteiger partial charge in [0, 0.05) is 12.1 Å². The van der Waals surface area contributed by atoms with Crippen LogP contribution in [0.2, 0.25) is 0 Å². The van der Waals surface area contributed by atoms with E-state index in [9.17, 15) is 4.79 Å². The molecule has 0 fully saturated rings. The molecule has 4 N–H and O–H groups in total. The average Bonchev–Trinajstić information content (AvgIpc) is 2.59. The Morgan fingerprint density at radius 3 is 2.62 bits per heavy atom. The lowest BCUT2D eigenvalue weighted by atomic mass is 10.0. The molecular formula is C12H15N3O. The van der Waals surface area contributed by atoms with Gasteiger partial charge in [0.2, 0.25) is 0 Å². The third-order valence-electron chi connectivity index (χ3n) is 2.73. The Hall–Kier alpha value is -1.81. The zero-order valence-corrected chi connectivity index (χ0v) is 9.42. The van der Waals surface area contributed by atoms with Crippen molar-refractivity contribution >= 4 is 0 Å². The van der Waals surface area contributed by atoms with Gasteiger partial charge in [-0.1, -0.05) is 23.8 Å². The first-order valence-electron chi connectivity index (χ1n) is 5.20. The molecule has 0 saturated heterocycles. The maximum absolute atomic E-state index is 11.5. The standard InChI is InChI=1S/C12H15N3O/c1-7-3-4-9(8(2)5-7)11-10(6-13)12(16)15-14-11/h3-5H,6,13H2,1-2H3,(H2,14,15,16). The molecule has 0 unspecified atom stereocenters. The monoisotopic (exact) mass is 217 g/mol. The highest BCUT2D eigenvalue weighted by molar-refractivity contribution is 5.66. The van der Waals surface area contributed by atoms with Crippen LogP contribution in [0.1, 0.15) is 16.7 Å². The van der Waals surface area contributed by atoms with E-state index in [1.807, 2.05) is 26.0 Å². The number of rotatable bonds is 2. The molecule has 2 aromatic rings. The summed E-state index contributed by atoms with van der Waals surface area (Å²) in [6.07, 6.45) is 0. The van der Waals surface area contributed by atoms with Gasteiger partial charge in [-0.3, -0.25) is 15.0 Å². The Morgan fingerprint density at radius 2 is 2.00 bits per heavy atom. The lowest BCUT2D eigenvalue weighted by Gasteiger charge is -2.06. The molecular weight excluding hydrogens is 202 g/mol. The number of aromatic amines is 2. The molecule has 0 amide bonds. The van der Waals surface area contributed by atoms with E-state index in [4.69, 9.17) is 5.73 Å². The summed E-state index contributed by atoms with van der Waals surface area (Å²) in [6, 6.07) is 6.11. The van der Waals surface area contributed by atoms with Crippen LogP contribution in [0.3, 0.4) is 0 Å². The van der Waals surface area contributed by atoms with Crippen molar-refractivity contribution in [2.24, 2.45) is 5.73 Å². The molecule has 2 rings (SSSR count). The van der Waals surface area contributed by atoms with Gasteiger partial charge in [-0.15, -0.1) is 0 Å². The minimum absolute atomic E-state index is 0.141. The summed E-state index contributed by atoms with van der Waals surface area (Å²) in [6.45, 7) is 4.30. The first-order valence-corrected chi connectivity index (χ1v) is 5.20. The number of hydrogen-bond acceptors (Lipinski definition) is 2. The van der Waals surface area contributed by atoms with Crippen molar-refractivity contribution in [1.29, 1.82) is 0 Å². The van der Waals surface area contributed by atoms with E-state index in [1.165, 1.54) is 5.56 Å². The van der Waals surface area contributed by atoms with E-state index >= 15 is 0 Å². The lowest BCUT2D eigenvalue weighted by molar-refractivity contribution is 1.04.